The van der Waals surface area contributed by atoms with Gasteiger partial charge in [0.25, 0.3) is 0 Å². The third-order valence-corrected chi connectivity index (χ3v) is 2.49. The van der Waals surface area contributed by atoms with Crippen LogP contribution in [0.5, 0.6) is 5.75 Å². The summed E-state index contributed by atoms with van der Waals surface area (Å²) >= 11 is 0. The summed E-state index contributed by atoms with van der Waals surface area (Å²) in [6.45, 7) is -2.68. The van der Waals surface area contributed by atoms with E-state index < -0.39 is 12.4 Å². The number of ether oxygens (including phenoxy) is 2. The van der Waals surface area contributed by atoms with E-state index in [-0.39, 0.29) is 23.7 Å². The highest BCUT2D eigenvalue weighted by molar-refractivity contribution is 6.07. The largest absolute Gasteiger partial charge is 0.455 e. The predicted octanol–water partition coefficient (Wildman–Crippen LogP) is 3.26. The van der Waals surface area contributed by atoms with E-state index in [0.717, 1.165) is 0 Å². The second-order valence-corrected chi connectivity index (χ2v) is 3.93. The molecule has 0 amide bonds. The van der Waals surface area contributed by atoms with E-state index >= 15 is 0 Å². The van der Waals surface area contributed by atoms with Crippen LogP contribution >= 0.6 is 0 Å². The monoisotopic (exact) mass is 282 g/mol. The van der Waals surface area contributed by atoms with Gasteiger partial charge in [-0.1, -0.05) is 12.1 Å². The summed E-state index contributed by atoms with van der Waals surface area (Å²) in [5, 5.41) is 0. The van der Waals surface area contributed by atoms with E-state index in [9.17, 15) is 13.6 Å². The first-order valence-corrected chi connectivity index (χ1v) is 5.77. The van der Waals surface area contributed by atoms with Gasteiger partial charge in [-0.2, -0.15) is 8.78 Å². The van der Waals surface area contributed by atoms with Gasteiger partial charge >= 0.3 is 6.61 Å². The molecule has 1 aromatic carbocycles. The van der Waals surface area contributed by atoms with Gasteiger partial charge in [0.2, 0.25) is 5.78 Å². The minimum atomic E-state index is -2.93. The van der Waals surface area contributed by atoms with Crippen LogP contribution in [0.3, 0.4) is 0 Å². The molecule has 0 radical (unpaired) electrons. The normalized spacial score (nSPS) is 10.8. The zero-order chi connectivity index (χ0) is 14.5. The van der Waals surface area contributed by atoms with Crippen molar-refractivity contribution in [3.05, 3.63) is 53.5 Å². The molecule has 4 nitrogen and oxygen atoms in total. The van der Waals surface area contributed by atoms with Crippen molar-refractivity contribution in [3.8, 4) is 5.75 Å². The van der Waals surface area contributed by atoms with Crippen molar-refractivity contribution in [2.24, 2.45) is 0 Å². The molecule has 2 rings (SSSR count). The van der Waals surface area contributed by atoms with Crippen LogP contribution in [-0.4, -0.2) is 19.5 Å². The highest BCUT2D eigenvalue weighted by Gasteiger charge is 2.15. The lowest BCUT2D eigenvalue weighted by Crippen LogP contribution is -2.04. The molecule has 1 aromatic heterocycles. The summed E-state index contributed by atoms with van der Waals surface area (Å²) in [6, 6.07) is 8.69. The van der Waals surface area contributed by atoms with E-state index in [1.807, 2.05) is 0 Å². The summed E-state index contributed by atoms with van der Waals surface area (Å²) in [5.74, 6) is 0.142. The lowest BCUT2D eigenvalue weighted by atomic mass is 10.1. The van der Waals surface area contributed by atoms with Crippen molar-refractivity contribution in [2.45, 2.75) is 13.2 Å². The van der Waals surface area contributed by atoms with Gasteiger partial charge in [-0.05, 0) is 24.3 Å². The Morgan fingerprint density at radius 1 is 1.30 bits per heavy atom. The number of hydrogen-bond acceptors (Lipinski definition) is 4. The Labute approximate surface area is 113 Å². The number of furan rings is 1. The average molecular weight is 282 g/mol. The number of methoxy groups -OCH3 is 1. The molecule has 0 N–H and O–H groups in total. The van der Waals surface area contributed by atoms with Crippen LogP contribution in [0.25, 0.3) is 0 Å². The minimum absolute atomic E-state index is 0.0745. The molecule has 0 aliphatic carbocycles. The van der Waals surface area contributed by atoms with Crippen LogP contribution in [0.1, 0.15) is 21.9 Å². The van der Waals surface area contributed by atoms with Gasteiger partial charge in [-0.15, -0.1) is 0 Å². The van der Waals surface area contributed by atoms with Crippen LogP contribution in [-0.2, 0) is 11.3 Å². The maximum Gasteiger partial charge on any atom is 0.387 e. The van der Waals surface area contributed by atoms with Crippen molar-refractivity contribution in [1.29, 1.82) is 0 Å². The van der Waals surface area contributed by atoms with Crippen LogP contribution in [0, 0.1) is 0 Å². The second kappa shape index (κ2) is 6.29. The highest BCUT2D eigenvalue weighted by Crippen LogP contribution is 2.19. The van der Waals surface area contributed by atoms with Gasteiger partial charge in [0.1, 0.15) is 18.1 Å². The second-order valence-electron chi connectivity index (χ2n) is 3.93. The lowest BCUT2D eigenvalue weighted by molar-refractivity contribution is -0.0498. The van der Waals surface area contributed by atoms with Crippen LogP contribution in [0.2, 0.25) is 0 Å². The average Bonchev–Trinajstić information content (AvgIpc) is 2.86. The SMILES string of the molecule is COCc1ccc(C(=O)c2cccc(OC(F)F)c2)o1. The summed E-state index contributed by atoms with van der Waals surface area (Å²) in [4.78, 5) is 12.1. The molecule has 20 heavy (non-hydrogen) atoms. The minimum Gasteiger partial charge on any atom is -0.455 e. The Hall–Kier alpha value is -2.21. The van der Waals surface area contributed by atoms with Gasteiger partial charge in [0.15, 0.2) is 5.76 Å². The molecule has 0 bridgehead atoms. The maximum absolute atomic E-state index is 12.1. The number of halogens is 2. The van der Waals surface area contributed by atoms with Gasteiger partial charge in [0.05, 0.1) is 0 Å². The van der Waals surface area contributed by atoms with Crippen molar-refractivity contribution < 1.29 is 27.5 Å². The molecule has 0 saturated carbocycles. The number of carbonyl (C=O) groups is 1. The standard InChI is InChI=1S/C14H12F2O4/c1-18-8-11-5-6-12(19-11)13(17)9-3-2-4-10(7-9)20-14(15)16/h2-7,14H,8H2,1H3. The zero-order valence-corrected chi connectivity index (χ0v) is 10.6. The van der Waals surface area contributed by atoms with Gasteiger partial charge in [0, 0.05) is 12.7 Å². The molecule has 0 saturated heterocycles. The number of benzene rings is 1. The summed E-state index contributed by atoms with van der Waals surface area (Å²) < 4.78 is 38.7. The lowest BCUT2D eigenvalue weighted by Gasteiger charge is -2.05. The molecule has 2 aromatic rings. The summed E-state index contributed by atoms with van der Waals surface area (Å²) in [5.41, 5.74) is 0.210. The van der Waals surface area contributed by atoms with Crippen LogP contribution < -0.4 is 4.74 Å². The molecular formula is C14H12F2O4. The number of ketones is 1. The maximum atomic E-state index is 12.1. The molecule has 106 valence electrons. The molecule has 6 heteroatoms. The molecule has 0 spiro atoms. The first kappa shape index (κ1) is 14.2. The first-order chi connectivity index (χ1) is 9.60. The molecule has 0 fully saturated rings. The molecule has 0 aliphatic rings. The van der Waals surface area contributed by atoms with Crippen molar-refractivity contribution >= 4 is 5.78 Å². The molecular weight excluding hydrogens is 270 g/mol. The van der Waals surface area contributed by atoms with E-state index in [1.165, 1.54) is 37.4 Å². The number of alkyl halides is 2. The number of rotatable bonds is 6. The van der Waals surface area contributed by atoms with E-state index in [1.54, 1.807) is 6.07 Å². The van der Waals surface area contributed by atoms with E-state index in [4.69, 9.17) is 9.15 Å². The Kier molecular flexibility index (Phi) is 4.47. The van der Waals surface area contributed by atoms with Crippen molar-refractivity contribution in [2.75, 3.05) is 7.11 Å². The zero-order valence-electron chi connectivity index (χ0n) is 10.6. The smallest absolute Gasteiger partial charge is 0.387 e. The Morgan fingerprint density at radius 3 is 2.80 bits per heavy atom. The Bertz CT molecular complexity index is 592. The van der Waals surface area contributed by atoms with E-state index in [0.29, 0.717) is 5.76 Å². The Balaban J connectivity index is 2.19. The van der Waals surface area contributed by atoms with E-state index in [2.05, 4.69) is 4.74 Å². The van der Waals surface area contributed by atoms with Crippen LogP contribution in [0.4, 0.5) is 8.78 Å². The van der Waals surface area contributed by atoms with Crippen molar-refractivity contribution in [3.63, 3.8) is 0 Å². The summed E-state index contributed by atoms with van der Waals surface area (Å²) in [6.07, 6.45) is 0. The third kappa shape index (κ3) is 3.42. The summed E-state index contributed by atoms with van der Waals surface area (Å²) in [7, 11) is 1.51. The van der Waals surface area contributed by atoms with Gasteiger partial charge in [-0.25, -0.2) is 0 Å². The number of carbonyl (C=O) groups excluding carboxylic acids is 1. The Morgan fingerprint density at radius 2 is 2.10 bits per heavy atom. The molecule has 1 heterocycles. The first-order valence-electron chi connectivity index (χ1n) is 5.77. The fraction of sp³-hybridized carbons (Fsp3) is 0.214. The number of hydrogen-bond donors (Lipinski definition) is 0. The fourth-order valence-corrected chi connectivity index (χ4v) is 1.68. The van der Waals surface area contributed by atoms with Gasteiger partial charge in [-0.3, -0.25) is 4.79 Å². The topological polar surface area (TPSA) is 48.7 Å². The molecule has 0 unspecified atom stereocenters. The fourth-order valence-electron chi connectivity index (χ4n) is 1.68. The quantitative estimate of drug-likeness (QED) is 0.763. The molecule has 0 aliphatic heterocycles. The highest BCUT2D eigenvalue weighted by atomic mass is 19.3. The van der Waals surface area contributed by atoms with Gasteiger partial charge < -0.3 is 13.9 Å². The van der Waals surface area contributed by atoms with Crippen LogP contribution in [0.15, 0.2) is 40.8 Å². The molecule has 0 atom stereocenters. The predicted molar refractivity (Wildman–Crippen MR) is 65.9 cm³/mol. The third-order valence-electron chi connectivity index (χ3n) is 2.49. The van der Waals surface area contributed by atoms with Crippen molar-refractivity contribution in [1.82, 2.24) is 0 Å².